The predicted molar refractivity (Wildman–Crippen MR) is 79.8 cm³/mol. The molecule has 0 aliphatic heterocycles. The van der Waals surface area contributed by atoms with Gasteiger partial charge in [-0.1, -0.05) is 13.3 Å². The van der Waals surface area contributed by atoms with Gasteiger partial charge in [0.2, 0.25) is 5.91 Å². The summed E-state index contributed by atoms with van der Waals surface area (Å²) in [6.45, 7) is 1.68. The van der Waals surface area contributed by atoms with Crippen molar-refractivity contribution in [2.45, 2.75) is 51.2 Å². The molecule has 0 saturated carbocycles. The number of carbonyl (C=O) groups is 3. The van der Waals surface area contributed by atoms with Gasteiger partial charge in [0.15, 0.2) is 0 Å². The molecule has 0 fully saturated rings. The predicted octanol–water partition coefficient (Wildman–Crippen LogP) is 0.622. The lowest BCUT2D eigenvalue weighted by molar-refractivity contribution is -0.173. The Morgan fingerprint density at radius 1 is 1.17 bits per heavy atom. The summed E-state index contributed by atoms with van der Waals surface area (Å²) in [5.41, 5.74) is 5.17. The highest BCUT2D eigenvalue weighted by Crippen LogP contribution is 2.14. The maximum absolute atomic E-state index is 12.0. The summed E-state index contributed by atoms with van der Waals surface area (Å²) in [5, 5.41) is 4.14. The van der Waals surface area contributed by atoms with E-state index >= 15 is 0 Å². The molecule has 0 heterocycles. The second-order valence-corrected chi connectivity index (χ2v) is 5.09. The van der Waals surface area contributed by atoms with Gasteiger partial charge in [-0.2, -0.15) is 13.2 Å². The zero-order valence-corrected chi connectivity index (χ0v) is 13.6. The molecule has 2 amide bonds. The third-order valence-corrected chi connectivity index (χ3v) is 3.01. The van der Waals surface area contributed by atoms with Crippen LogP contribution in [0.3, 0.4) is 0 Å². The summed E-state index contributed by atoms with van der Waals surface area (Å²) in [4.78, 5) is 33.8. The van der Waals surface area contributed by atoms with Crippen LogP contribution in [0.25, 0.3) is 0 Å². The van der Waals surface area contributed by atoms with E-state index in [2.05, 4.69) is 5.32 Å². The van der Waals surface area contributed by atoms with Crippen molar-refractivity contribution in [3.05, 3.63) is 0 Å². The molecule has 24 heavy (non-hydrogen) atoms. The maximum Gasteiger partial charge on any atom is 0.471 e. The van der Waals surface area contributed by atoms with Gasteiger partial charge in [-0.05, 0) is 25.7 Å². The molecule has 0 aromatic heterocycles. The van der Waals surface area contributed by atoms with E-state index in [1.54, 1.807) is 5.32 Å². The molecular formula is C14H24F3N3O4. The second-order valence-electron chi connectivity index (χ2n) is 5.09. The largest absolute Gasteiger partial charge is 0.471 e. The van der Waals surface area contributed by atoms with Gasteiger partial charge in [-0.25, -0.2) is 4.79 Å². The smallest absolute Gasteiger partial charge is 0.464 e. The molecule has 7 nitrogen and oxygen atoms in total. The van der Waals surface area contributed by atoms with Crippen molar-refractivity contribution < 1.29 is 32.3 Å². The number of hydrogen-bond donors (Lipinski definition) is 3. The molecule has 0 aromatic carbocycles. The van der Waals surface area contributed by atoms with Crippen LogP contribution in [0, 0.1) is 0 Å². The number of hydrogen-bond acceptors (Lipinski definition) is 5. The SMILES string of the molecule is CCCCOC(=O)C(CCCCNC(=O)C(F)(F)F)NC(=O)CN. The van der Waals surface area contributed by atoms with E-state index in [9.17, 15) is 27.6 Å². The monoisotopic (exact) mass is 355 g/mol. The van der Waals surface area contributed by atoms with E-state index in [1.807, 2.05) is 6.92 Å². The Bertz CT molecular complexity index is 417. The fourth-order valence-electron chi connectivity index (χ4n) is 1.70. The molecule has 1 unspecified atom stereocenters. The maximum atomic E-state index is 12.0. The highest BCUT2D eigenvalue weighted by molar-refractivity contribution is 5.85. The number of rotatable bonds is 11. The molecule has 4 N–H and O–H groups in total. The van der Waals surface area contributed by atoms with Crippen molar-refractivity contribution in [1.82, 2.24) is 10.6 Å². The van der Waals surface area contributed by atoms with Crippen LogP contribution in [-0.2, 0) is 19.1 Å². The molecule has 0 bridgehead atoms. The van der Waals surface area contributed by atoms with E-state index in [1.165, 1.54) is 0 Å². The van der Waals surface area contributed by atoms with Crippen molar-refractivity contribution in [3.8, 4) is 0 Å². The molecule has 0 saturated heterocycles. The summed E-state index contributed by atoms with van der Waals surface area (Å²) in [6, 6.07) is -0.906. The van der Waals surface area contributed by atoms with E-state index in [0.717, 1.165) is 6.42 Å². The molecule has 0 aromatic rings. The second kappa shape index (κ2) is 11.7. The van der Waals surface area contributed by atoms with E-state index < -0.39 is 30.0 Å². The molecular weight excluding hydrogens is 331 g/mol. The van der Waals surface area contributed by atoms with Crippen molar-refractivity contribution in [2.24, 2.45) is 5.73 Å². The van der Waals surface area contributed by atoms with Gasteiger partial charge in [-0.15, -0.1) is 0 Å². The number of halogens is 3. The first-order valence-corrected chi connectivity index (χ1v) is 7.73. The minimum Gasteiger partial charge on any atom is -0.464 e. The lowest BCUT2D eigenvalue weighted by Crippen LogP contribution is -2.44. The third-order valence-electron chi connectivity index (χ3n) is 3.01. The quantitative estimate of drug-likeness (QED) is 0.372. The number of unbranched alkanes of at least 4 members (excludes halogenated alkanes) is 2. The Balaban J connectivity index is 4.23. The third kappa shape index (κ3) is 10.0. The van der Waals surface area contributed by atoms with E-state index in [4.69, 9.17) is 10.5 Å². The number of nitrogens with two attached hydrogens (primary N) is 1. The van der Waals surface area contributed by atoms with Crippen LogP contribution in [0.4, 0.5) is 13.2 Å². The Labute approximate surface area is 138 Å². The van der Waals surface area contributed by atoms with Crippen molar-refractivity contribution in [2.75, 3.05) is 19.7 Å². The summed E-state index contributed by atoms with van der Waals surface area (Å²) in [5.74, 6) is -3.14. The lowest BCUT2D eigenvalue weighted by Gasteiger charge is -2.17. The number of ether oxygens (including phenoxy) is 1. The zero-order chi connectivity index (χ0) is 18.6. The molecule has 10 heteroatoms. The Morgan fingerprint density at radius 2 is 1.83 bits per heavy atom. The number of alkyl halides is 3. The standard InChI is InChI=1S/C14H24F3N3O4/c1-2-3-8-24-12(22)10(20-11(21)9-18)6-4-5-7-19-13(23)14(15,16)17/h10H,2-9,18H2,1H3,(H,19,23)(H,20,21). The number of esters is 1. The fraction of sp³-hybridized carbons (Fsp3) is 0.786. The zero-order valence-electron chi connectivity index (χ0n) is 13.6. The lowest BCUT2D eigenvalue weighted by atomic mass is 10.1. The fourth-order valence-corrected chi connectivity index (χ4v) is 1.70. The van der Waals surface area contributed by atoms with Crippen LogP contribution in [0.1, 0.15) is 39.0 Å². The molecule has 1 atom stereocenters. The van der Waals surface area contributed by atoms with Crippen LogP contribution in [0.15, 0.2) is 0 Å². The van der Waals surface area contributed by atoms with E-state index in [-0.39, 0.29) is 32.5 Å². The van der Waals surface area contributed by atoms with Gasteiger partial charge in [0.1, 0.15) is 6.04 Å². The van der Waals surface area contributed by atoms with Crippen molar-refractivity contribution in [3.63, 3.8) is 0 Å². The topological polar surface area (TPSA) is 111 Å². The van der Waals surface area contributed by atoms with Crippen LogP contribution < -0.4 is 16.4 Å². The first-order chi connectivity index (χ1) is 11.2. The molecule has 140 valence electrons. The normalized spacial score (nSPS) is 12.4. The Morgan fingerprint density at radius 3 is 2.38 bits per heavy atom. The van der Waals surface area contributed by atoms with Gasteiger partial charge >= 0.3 is 18.1 Å². The van der Waals surface area contributed by atoms with Gasteiger partial charge in [0.25, 0.3) is 0 Å². The first kappa shape index (κ1) is 22.2. The van der Waals surface area contributed by atoms with Gasteiger partial charge in [0, 0.05) is 6.54 Å². The average Bonchev–Trinajstić information content (AvgIpc) is 2.52. The van der Waals surface area contributed by atoms with E-state index in [0.29, 0.717) is 12.8 Å². The van der Waals surface area contributed by atoms with Crippen LogP contribution in [-0.4, -0.2) is 49.7 Å². The van der Waals surface area contributed by atoms with Crippen LogP contribution >= 0.6 is 0 Å². The molecule has 0 rings (SSSR count). The average molecular weight is 355 g/mol. The van der Waals surface area contributed by atoms with Gasteiger partial charge < -0.3 is 21.1 Å². The Kier molecular flexibility index (Phi) is 10.8. The highest BCUT2D eigenvalue weighted by atomic mass is 19.4. The Hall–Kier alpha value is -1.84. The van der Waals surface area contributed by atoms with Crippen molar-refractivity contribution >= 4 is 17.8 Å². The van der Waals surface area contributed by atoms with Crippen LogP contribution in [0.2, 0.25) is 0 Å². The summed E-state index contributed by atoms with van der Waals surface area (Å²) in [6.07, 6.45) is -2.67. The summed E-state index contributed by atoms with van der Waals surface area (Å²) < 4.78 is 41.0. The van der Waals surface area contributed by atoms with Crippen molar-refractivity contribution in [1.29, 1.82) is 0 Å². The minimum absolute atomic E-state index is 0.179. The molecule has 0 aliphatic carbocycles. The minimum atomic E-state index is -4.92. The number of nitrogens with one attached hydrogen (secondary N) is 2. The van der Waals surface area contributed by atoms with Crippen LogP contribution in [0.5, 0.6) is 0 Å². The first-order valence-electron chi connectivity index (χ1n) is 7.73. The summed E-state index contributed by atoms with van der Waals surface area (Å²) >= 11 is 0. The molecule has 0 aliphatic rings. The van der Waals surface area contributed by atoms with Gasteiger partial charge in [0.05, 0.1) is 13.2 Å². The number of carbonyl (C=O) groups excluding carboxylic acids is 3. The van der Waals surface area contributed by atoms with Gasteiger partial charge in [-0.3, -0.25) is 9.59 Å². The molecule has 0 radical (unpaired) electrons. The number of amides is 2. The highest BCUT2D eigenvalue weighted by Gasteiger charge is 2.38. The molecule has 0 spiro atoms. The summed E-state index contributed by atoms with van der Waals surface area (Å²) in [7, 11) is 0.